The Kier molecular flexibility index (Phi) is 5.08. The lowest BCUT2D eigenvalue weighted by Crippen LogP contribution is -2.05. The molecule has 2 aromatic carbocycles. The van der Waals surface area contributed by atoms with Crippen LogP contribution in [-0.2, 0) is 0 Å². The van der Waals surface area contributed by atoms with Crippen LogP contribution in [0.2, 0.25) is 5.02 Å². The summed E-state index contributed by atoms with van der Waals surface area (Å²) in [6.07, 6.45) is 1.72. The molecule has 0 bridgehead atoms. The molecule has 0 N–H and O–H groups in total. The van der Waals surface area contributed by atoms with E-state index in [0.717, 1.165) is 27.2 Å². The third kappa shape index (κ3) is 3.63. The van der Waals surface area contributed by atoms with E-state index in [4.69, 9.17) is 25.7 Å². The molecule has 0 spiro atoms. The number of rotatable bonds is 4. The predicted octanol–water partition coefficient (Wildman–Crippen LogP) is 6.57. The van der Waals surface area contributed by atoms with Gasteiger partial charge in [-0.3, -0.25) is 0 Å². The molecule has 5 rings (SSSR count). The number of aromatic nitrogens is 2. The van der Waals surface area contributed by atoms with E-state index in [1.807, 2.05) is 59.3 Å². The fraction of sp³-hybridized carbons (Fsp3) is 0.0455. The summed E-state index contributed by atoms with van der Waals surface area (Å²) in [5.74, 6) is 0.649. The zero-order valence-corrected chi connectivity index (χ0v) is 18.1. The minimum atomic E-state index is 0.443. The molecule has 0 aliphatic heterocycles. The Bertz CT molecular complexity index is 1390. The second-order valence-corrected chi connectivity index (χ2v) is 8.48. The van der Waals surface area contributed by atoms with E-state index in [0.29, 0.717) is 27.0 Å². The van der Waals surface area contributed by atoms with E-state index < -0.39 is 0 Å². The monoisotopic (exact) mass is 451 g/mol. The Morgan fingerprint density at radius 3 is 2.73 bits per heavy atom. The SMILES string of the molecule is COc1cccc2cc(-c3nc(-c4ccc(Cl)cc4)cs3)/c(=N/c3nccs3)oc12. The van der Waals surface area contributed by atoms with Crippen molar-refractivity contribution in [3.63, 3.8) is 0 Å². The molecular formula is C22H14ClN3O2S2. The summed E-state index contributed by atoms with van der Waals surface area (Å²) in [7, 11) is 1.62. The lowest BCUT2D eigenvalue weighted by molar-refractivity contribution is 0.406. The summed E-state index contributed by atoms with van der Waals surface area (Å²) in [6.45, 7) is 0. The first-order valence-electron chi connectivity index (χ1n) is 8.98. The fourth-order valence-corrected chi connectivity index (χ4v) is 4.49. The van der Waals surface area contributed by atoms with E-state index in [1.54, 1.807) is 13.3 Å². The Morgan fingerprint density at radius 2 is 1.97 bits per heavy atom. The average molecular weight is 452 g/mol. The van der Waals surface area contributed by atoms with Gasteiger partial charge < -0.3 is 9.15 Å². The van der Waals surface area contributed by atoms with Gasteiger partial charge in [0.15, 0.2) is 11.3 Å². The Hall–Kier alpha value is -3.00. The van der Waals surface area contributed by atoms with Crippen molar-refractivity contribution in [1.82, 2.24) is 9.97 Å². The number of ether oxygens (including phenoxy) is 1. The summed E-state index contributed by atoms with van der Waals surface area (Å²) in [4.78, 5) is 13.7. The smallest absolute Gasteiger partial charge is 0.232 e. The molecule has 0 amide bonds. The summed E-state index contributed by atoms with van der Waals surface area (Å²) in [5.41, 5.74) is 3.75. The van der Waals surface area contributed by atoms with Crippen LogP contribution in [0, 0.1) is 0 Å². The highest BCUT2D eigenvalue weighted by atomic mass is 35.5. The van der Waals surface area contributed by atoms with Crippen LogP contribution >= 0.6 is 34.3 Å². The van der Waals surface area contributed by atoms with E-state index in [2.05, 4.69) is 9.98 Å². The van der Waals surface area contributed by atoms with Crippen molar-refractivity contribution in [2.75, 3.05) is 7.11 Å². The van der Waals surface area contributed by atoms with Gasteiger partial charge in [-0.25, -0.2) is 9.97 Å². The predicted molar refractivity (Wildman–Crippen MR) is 122 cm³/mol. The molecule has 0 aliphatic carbocycles. The zero-order chi connectivity index (χ0) is 20.5. The van der Waals surface area contributed by atoms with Gasteiger partial charge in [0.05, 0.1) is 18.4 Å². The summed E-state index contributed by atoms with van der Waals surface area (Å²) < 4.78 is 11.7. The van der Waals surface area contributed by atoms with E-state index in [1.165, 1.54) is 22.7 Å². The molecule has 3 heterocycles. The number of benzene rings is 2. The van der Waals surface area contributed by atoms with Crippen LogP contribution in [0.25, 0.3) is 32.8 Å². The molecule has 0 unspecified atom stereocenters. The maximum atomic E-state index is 6.20. The van der Waals surface area contributed by atoms with Crippen molar-refractivity contribution in [2.45, 2.75) is 0 Å². The average Bonchev–Trinajstić information content (AvgIpc) is 3.46. The van der Waals surface area contributed by atoms with Crippen LogP contribution in [0.3, 0.4) is 0 Å². The third-order valence-electron chi connectivity index (χ3n) is 4.45. The van der Waals surface area contributed by atoms with Crippen LogP contribution in [0.15, 0.2) is 74.9 Å². The van der Waals surface area contributed by atoms with Gasteiger partial charge in [0.2, 0.25) is 10.7 Å². The molecule has 0 fully saturated rings. The van der Waals surface area contributed by atoms with Gasteiger partial charge in [-0.1, -0.05) is 35.9 Å². The van der Waals surface area contributed by atoms with Gasteiger partial charge in [-0.15, -0.1) is 22.7 Å². The number of methoxy groups -OCH3 is 1. The lowest BCUT2D eigenvalue weighted by Gasteiger charge is -2.06. The number of nitrogens with zero attached hydrogens (tertiary/aromatic N) is 3. The number of halogens is 1. The van der Waals surface area contributed by atoms with E-state index in [-0.39, 0.29) is 0 Å². The highest BCUT2D eigenvalue weighted by Gasteiger charge is 2.14. The van der Waals surface area contributed by atoms with Crippen LogP contribution < -0.4 is 10.3 Å². The van der Waals surface area contributed by atoms with Crippen molar-refractivity contribution in [2.24, 2.45) is 4.99 Å². The van der Waals surface area contributed by atoms with E-state index in [9.17, 15) is 0 Å². The molecule has 0 saturated heterocycles. The van der Waals surface area contributed by atoms with Gasteiger partial charge in [0, 0.05) is 32.9 Å². The largest absolute Gasteiger partial charge is 0.493 e. The minimum Gasteiger partial charge on any atom is -0.493 e. The van der Waals surface area contributed by atoms with Crippen molar-refractivity contribution in [3.05, 3.63) is 76.1 Å². The molecule has 0 atom stereocenters. The number of hydrogen-bond donors (Lipinski definition) is 0. The molecule has 30 heavy (non-hydrogen) atoms. The van der Waals surface area contributed by atoms with Crippen LogP contribution in [0.4, 0.5) is 5.13 Å². The maximum absolute atomic E-state index is 6.20. The molecule has 148 valence electrons. The zero-order valence-electron chi connectivity index (χ0n) is 15.7. The van der Waals surface area contributed by atoms with Gasteiger partial charge in [-0.2, -0.15) is 4.99 Å². The van der Waals surface area contributed by atoms with Crippen LogP contribution in [0.1, 0.15) is 0 Å². The molecule has 0 radical (unpaired) electrons. The number of fused-ring (bicyclic) bond motifs is 1. The van der Waals surface area contributed by atoms with Gasteiger partial charge in [0.25, 0.3) is 0 Å². The molecule has 3 aromatic heterocycles. The highest BCUT2D eigenvalue weighted by Crippen LogP contribution is 2.32. The number of para-hydroxylation sites is 1. The van der Waals surface area contributed by atoms with Crippen molar-refractivity contribution >= 4 is 50.4 Å². The Morgan fingerprint density at radius 1 is 1.10 bits per heavy atom. The summed E-state index contributed by atoms with van der Waals surface area (Å²) in [6, 6.07) is 15.4. The summed E-state index contributed by atoms with van der Waals surface area (Å²) >= 11 is 8.99. The van der Waals surface area contributed by atoms with Gasteiger partial charge in [-0.05, 0) is 24.3 Å². The lowest BCUT2D eigenvalue weighted by atomic mass is 10.1. The van der Waals surface area contributed by atoms with Crippen LogP contribution in [-0.4, -0.2) is 17.1 Å². The van der Waals surface area contributed by atoms with Crippen molar-refractivity contribution in [3.8, 4) is 27.6 Å². The standard InChI is InChI=1S/C22H14ClN3O2S2/c1-27-18-4-2-3-14-11-16(20(28-19(14)18)26-22-24-9-10-29-22)21-25-17(12-30-21)13-5-7-15(23)8-6-13/h2-12H,1H3/b26-20-. The molecular weight excluding hydrogens is 438 g/mol. The second-order valence-electron chi connectivity index (χ2n) is 6.32. The first kappa shape index (κ1) is 19.0. The highest BCUT2D eigenvalue weighted by molar-refractivity contribution is 7.13. The molecule has 5 aromatic rings. The minimum absolute atomic E-state index is 0.443. The topological polar surface area (TPSA) is 60.5 Å². The van der Waals surface area contributed by atoms with Crippen molar-refractivity contribution in [1.29, 1.82) is 0 Å². The van der Waals surface area contributed by atoms with Gasteiger partial charge >= 0.3 is 0 Å². The maximum Gasteiger partial charge on any atom is 0.232 e. The normalized spacial score (nSPS) is 11.9. The molecule has 5 nitrogen and oxygen atoms in total. The van der Waals surface area contributed by atoms with Crippen molar-refractivity contribution < 1.29 is 9.15 Å². The van der Waals surface area contributed by atoms with E-state index >= 15 is 0 Å². The molecule has 0 aliphatic rings. The second kappa shape index (κ2) is 8.02. The number of hydrogen-bond acceptors (Lipinski definition) is 7. The first-order chi connectivity index (χ1) is 14.7. The first-order valence-corrected chi connectivity index (χ1v) is 11.1. The fourth-order valence-electron chi connectivity index (χ4n) is 3.03. The molecule has 0 saturated carbocycles. The molecule has 8 heteroatoms. The Balaban J connectivity index is 1.71. The quantitative estimate of drug-likeness (QED) is 0.310. The number of thiazole rings is 2. The van der Waals surface area contributed by atoms with Gasteiger partial charge in [0.1, 0.15) is 5.01 Å². The third-order valence-corrected chi connectivity index (χ3v) is 6.24. The summed E-state index contributed by atoms with van der Waals surface area (Å²) in [5, 5.41) is 6.92. The van der Waals surface area contributed by atoms with Crippen LogP contribution in [0.5, 0.6) is 5.75 Å². The Labute approximate surface area is 184 Å².